The van der Waals surface area contributed by atoms with Gasteiger partial charge in [0.15, 0.2) is 5.82 Å². The molecule has 0 fully saturated rings. The van der Waals surface area contributed by atoms with Crippen LogP contribution in [0.2, 0.25) is 0 Å². The van der Waals surface area contributed by atoms with Gasteiger partial charge in [-0.2, -0.15) is 9.78 Å². The molecular weight excluding hydrogens is 236 g/mol. The van der Waals surface area contributed by atoms with Crippen molar-refractivity contribution in [2.45, 2.75) is 45.4 Å². The highest BCUT2D eigenvalue weighted by Crippen LogP contribution is 2.40. The number of aryl methyl sites for hydroxylation is 2. The Morgan fingerprint density at radius 1 is 1.37 bits per heavy atom. The quantitative estimate of drug-likeness (QED) is 0.853. The summed E-state index contributed by atoms with van der Waals surface area (Å²) in [4.78, 5) is 4.38. The van der Waals surface area contributed by atoms with Crippen molar-refractivity contribution >= 4 is 5.82 Å². The maximum Gasteiger partial charge on any atom is 0.155 e. The Kier molecular flexibility index (Phi) is 2.62. The largest absolute Gasteiger partial charge is 0.383 e. The van der Waals surface area contributed by atoms with Gasteiger partial charge in [0.25, 0.3) is 0 Å². The van der Waals surface area contributed by atoms with Gasteiger partial charge in [0.2, 0.25) is 0 Å². The Balaban J connectivity index is 2.18. The Hall–Kier alpha value is -1.84. The Labute approximate surface area is 113 Å². The van der Waals surface area contributed by atoms with Gasteiger partial charge in [-0.3, -0.25) is 0 Å². The van der Waals surface area contributed by atoms with Gasteiger partial charge in [-0.15, -0.1) is 0 Å². The van der Waals surface area contributed by atoms with Crippen molar-refractivity contribution in [2.75, 3.05) is 5.73 Å². The lowest BCUT2D eigenvalue weighted by atomic mass is 9.75. The van der Waals surface area contributed by atoms with E-state index in [9.17, 15) is 0 Å². The van der Waals surface area contributed by atoms with Gasteiger partial charge in [-0.05, 0) is 49.3 Å². The van der Waals surface area contributed by atoms with Crippen LogP contribution < -0.4 is 5.73 Å². The van der Waals surface area contributed by atoms with E-state index in [1.807, 2.05) is 12.1 Å². The molecule has 0 spiro atoms. The second-order valence-corrected chi connectivity index (χ2v) is 6.05. The topological polar surface area (TPSA) is 56.7 Å². The molecule has 4 nitrogen and oxygen atoms in total. The van der Waals surface area contributed by atoms with Crippen LogP contribution in [-0.4, -0.2) is 14.8 Å². The number of rotatable bonds is 1. The van der Waals surface area contributed by atoms with Crippen LogP contribution in [0, 0.1) is 6.92 Å². The van der Waals surface area contributed by atoms with Gasteiger partial charge in [0.05, 0.1) is 5.69 Å². The molecule has 100 valence electrons. The van der Waals surface area contributed by atoms with Gasteiger partial charge in [-0.1, -0.05) is 13.8 Å². The number of nitrogen functional groups attached to an aromatic ring is 1. The molecular formula is C15H20N4. The molecule has 2 aromatic rings. The molecule has 2 N–H and O–H groups in total. The SMILES string of the molecule is Cc1ccnc(-n2nc3c(c2N)C(C)(C)CCC3)c1. The van der Waals surface area contributed by atoms with Crippen LogP contribution in [0.5, 0.6) is 0 Å². The summed E-state index contributed by atoms with van der Waals surface area (Å²) in [5, 5.41) is 4.69. The first-order valence-corrected chi connectivity index (χ1v) is 6.80. The maximum absolute atomic E-state index is 6.34. The minimum Gasteiger partial charge on any atom is -0.383 e. The van der Waals surface area contributed by atoms with Crippen molar-refractivity contribution < 1.29 is 0 Å². The molecule has 1 aliphatic carbocycles. The second-order valence-electron chi connectivity index (χ2n) is 6.05. The van der Waals surface area contributed by atoms with Crippen molar-refractivity contribution in [1.29, 1.82) is 0 Å². The monoisotopic (exact) mass is 256 g/mol. The third kappa shape index (κ3) is 1.91. The molecule has 0 aromatic carbocycles. The van der Waals surface area contributed by atoms with Gasteiger partial charge in [-0.25, -0.2) is 4.98 Å². The van der Waals surface area contributed by atoms with E-state index in [1.54, 1.807) is 10.9 Å². The second kappa shape index (κ2) is 4.08. The first-order chi connectivity index (χ1) is 8.99. The van der Waals surface area contributed by atoms with E-state index in [0.717, 1.165) is 35.7 Å². The van der Waals surface area contributed by atoms with E-state index >= 15 is 0 Å². The summed E-state index contributed by atoms with van der Waals surface area (Å²) in [7, 11) is 0. The van der Waals surface area contributed by atoms with E-state index in [2.05, 4.69) is 30.9 Å². The van der Waals surface area contributed by atoms with Gasteiger partial charge in [0, 0.05) is 11.8 Å². The average Bonchev–Trinajstić information content (AvgIpc) is 2.67. The third-order valence-electron chi connectivity index (χ3n) is 4.00. The molecule has 0 saturated heterocycles. The van der Waals surface area contributed by atoms with Crippen LogP contribution >= 0.6 is 0 Å². The number of anilines is 1. The summed E-state index contributed by atoms with van der Waals surface area (Å²) >= 11 is 0. The molecule has 0 saturated carbocycles. The Morgan fingerprint density at radius 2 is 2.16 bits per heavy atom. The normalized spacial score (nSPS) is 17.2. The molecule has 2 heterocycles. The number of nitrogens with zero attached hydrogens (tertiary/aromatic N) is 3. The highest BCUT2D eigenvalue weighted by molar-refractivity contribution is 5.53. The molecule has 0 bridgehead atoms. The molecule has 19 heavy (non-hydrogen) atoms. The summed E-state index contributed by atoms with van der Waals surface area (Å²) in [5.74, 6) is 1.56. The minimum absolute atomic E-state index is 0.111. The zero-order valence-electron chi connectivity index (χ0n) is 11.8. The summed E-state index contributed by atoms with van der Waals surface area (Å²) in [6, 6.07) is 3.99. The van der Waals surface area contributed by atoms with Crippen LogP contribution in [0.15, 0.2) is 18.3 Å². The summed E-state index contributed by atoms with van der Waals surface area (Å²) in [6.07, 6.45) is 5.16. The van der Waals surface area contributed by atoms with Crippen LogP contribution in [0.25, 0.3) is 5.82 Å². The highest BCUT2D eigenvalue weighted by atomic mass is 15.3. The number of pyridine rings is 1. The molecule has 3 rings (SSSR count). The summed E-state index contributed by atoms with van der Waals surface area (Å²) < 4.78 is 1.80. The van der Waals surface area contributed by atoms with Crippen molar-refractivity contribution in [3.8, 4) is 5.82 Å². The summed E-state index contributed by atoms with van der Waals surface area (Å²) in [5.41, 5.74) is 9.96. The fraction of sp³-hybridized carbons (Fsp3) is 0.467. The molecule has 0 radical (unpaired) electrons. The van der Waals surface area contributed by atoms with Crippen molar-refractivity contribution in [1.82, 2.24) is 14.8 Å². The number of nitrogens with two attached hydrogens (primary N) is 1. The van der Waals surface area contributed by atoms with E-state index in [-0.39, 0.29) is 5.41 Å². The van der Waals surface area contributed by atoms with Crippen molar-refractivity contribution in [2.24, 2.45) is 0 Å². The zero-order chi connectivity index (χ0) is 13.6. The standard InChI is InChI=1S/C15H20N4/c1-10-6-8-17-12(9-10)19-14(16)13-11(18-19)5-4-7-15(13,2)3/h6,8-9H,4-5,7,16H2,1-3H3. The predicted octanol–water partition coefficient (Wildman–Crippen LogP) is 2.77. The fourth-order valence-electron chi connectivity index (χ4n) is 3.02. The maximum atomic E-state index is 6.34. The average molecular weight is 256 g/mol. The minimum atomic E-state index is 0.111. The smallest absolute Gasteiger partial charge is 0.155 e. The van der Waals surface area contributed by atoms with Gasteiger partial charge < -0.3 is 5.73 Å². The van der Waals surface area contributed by atoms with Crippen LogP contribution in [-0.2, 0) is 11.8 Å². The van der Waals surface area contributed by atoms with Crippen molar-refractivity contribution in [3.63, 3.8) is 0 Å². The fourth-order valence-corrected chi connectivity index (χ4v) is 3.02. The Morgan fingerprint density at radius 3 is 2.84 bits per heavy atom. The zero-order valence-corrected chi connectivity index (χ0v) is 11.8. The van der Waals surface area contributed by atoms with Crippen LogP contribution in [0.1, 0.15) is 43.5 Å². The molecule has 0 atom stereocenters. The number of aromatic nitrogens is 3. The molecule has 2 aromatic heterocycles. The van der Waals surface area contributed by atoms with Crippen molar-refractivity contribution in [3.05, 3.63) is 35.2 Å². The number of hydrogen-bond donors (Lipinski definition) is 1. The third-order valence-corrected chi connectivity index (χ3v) is 4.00. The lowest BCUT2D eigenvalue weighted by Crippen LogP contribution is -2.24. The number of hydrogen-bond acceptors (Lipinski definition) is 3. The lowest BCUT2D eigenvalue weighted by Gasteiger charge is -2.29. The first-order valence-electron chi connectivity index (χ1n) is 6.80. The molecule has 0 unspecified atom stereocenters. The molecule has 0 aliphatic heterocycles. The lowest BCUT2D eigenvalue weighted by molar-refractivity contribution is 0.432. The van der Waals surface area contributed by atoms with Crippen LogP contribution in [0.4, 0.5) is 5.82 Å². The van der Waals surface area contributed by atoms with E-state index < -0.39 is 0 Å². The molecule has 1 aliphatic rings. The van der Waals surface area contributed by atoms with E-state index in [4.69, 9.17) is 5.73 Å². The first kappa shape index (κ1) is 12.2. The van der Waals surface area contributed by atoms with Crippen LogP contribution in [0.3, 0.4) is 0 Å². The van der Waals surface area contributed by atoms with E-state index in [1.165, 1.54) is 12.0 Å². The molecule has 0 amide bonds. The van der Waals surface area contributed by atoms with Gasteiger partial charge >= 0.3 is 0 Å². The van der Waals surface area contributed by atoms with E-state index in [0.29, 0.717) is 0 Å². The Bertz CT molecular complexity index is 625. The number of fused-ring (bicyclic) bond motifs is 1. The van der Waals surface area contributed by atoms with Gasteiger partial charge in [0.1, 0.15) is 5.82 Å². The highest BCUT2D eigenvalue weighted by Gasteiger charge is 2.33. The molecule has 4 heteroatoms. The predicted molar refractivity (Wildman–Crippen MR) is 76.5 cm³/mol. The summed E-state index contributed by atoms with van der Waals surface area (Å²) in [6.45, 7) is 6.54.